The van der Waals surface area contributed by atoms with E-state index in [1.807, 2.05) is 25.7 Å². The van der Waals surface area contributed by atoms with Gasteiger partial charge in [-0.15, -0.1) is 0 Å². The van der Waals surface area contributed by atoms with Crippen LogP contribution in [0.15, 0.2) is 17.2 Å². The van der Waals surface area contributed by atoms with E-state index in [9.17, 15) is 0 Å². The minimum Gasteiger partial charge on any atom is -0.380 e. The highest BCUT2D eigenvalue weighted by molar-refractivity contribution is 8.00. The van der Waals surface area contributed by atoms with E-state index in [0.29, 0.717) is 11.3 Å². The van der Waals surface area contributed by atoms with Gasteiger partial charge in [-0.3, -0.25) is 0 Å². The molecular weight excluding hydrogens is 232 g/mol. The van der Waals surface area contributed by atoms with Crippen LogP contribution in [0.4, 0.5) is 0 Å². The molecular formula is C13H20N2OS. The highest BCUT2D eigenvalue weighted by Crippen LogP contribution is 2.28. The molecule has 0 bridgehead atoms. The Morgan fingerprint density at radius 2 is 2.24 bits per heavy atom. The molecule has 1 fully saturated rings. The van der Waals surface area contributed by atoms with Gasteiger partial charge in [-0.05, 0) is 45.0 Å². The lowest BCUT2D eigenvalue weighted by Crippen LogP contribution is -2.43. The van der Waals surface area contributed by atoms with Gasteiger partial charge in [0.15, 0.2) is 0 Å². The summed E-state index contributed by atoms with van der Waals surface area (Å²) in [4.78, 5) is 4.58. The smallest absolute Gasteiger partial charge is 0.0969 e. The fraction of sp³-hybridized carbons (Fsp3) is 0.615. The number of hydrogen-bond acceptors (Lipinski definition) is 4. The molecule has 0 aliphatic carbocycles. The average molecular weight is 252 g/mol. The first-order valence-electron chi connectivity index (χ1n) is 6.06. The topological polar surface area (TPSA) is 34.1 Å². The van der Waals surface area contributed by atoms with Gasteiger partial charge >= 0.3 is 0 Å². The molecule has 2 rings (SSSR count). The molecule has 2 heterocycles. The fourth-order valence-electron chi connectivity index (χ4n) is 2.18. The molecule has 0 spiro atoms. The summed E-state index contributed by atoms with van der Waals surface area (Å²) >= 11 is 1.83. The van der Waals surface area contributed by atoms with Gasteiger partial charge in [-0.1, -0.05) is 11.8 Å². The standard InChI is InChI=1S/C13H20N2OS/c1-9-6-10(2)15-13(7-9)17-12-8-16-5-4-11(12)14-3/h6-7,11-12,14H,4-5,8H2,1-3H3. The molecule has 1 aliphatic heterocycles. The van der Waals surface area contributed by atoms with Gasteiger partial charge in [0.05, 0.1) is 11.6 Å². The molecule has 4 heteroatoms. The molecule has 1 aromatic heterocycles. The molecule has 3 nitrogen and oxygen atoms in total. The predicted molar refractivity (Wildman–Crippen MR) is 71.6 cm³/mol. The van der Waals surface area contributed by atoms with Crippen LogP contribution in [-0.2, 0) is 4.74 Å². The molecule has 0 amide bonds. The van der Waals surface area contributed by atoms with Gasteiger partial charge in [0.25, 0.3) is 0 Å². The number of aryl methyl sites for hydroxylation is 2. The molecule has 0 radical (unpaired) electrons. The maximum atomic E-state index is 5.56. The summed E-state index contributed by atoms with van der Waals surface area (Å²) in [5.74, 6) is 0. The lowest BCUT2D eigenvalue weighted by Gasteiger charge is -2.30. The van der Waals surface area contributed by atoms with E-state index in [4.69, 9.17) is 4.74 Å². The number of rotatable bonds is 3. The van der Waals surface area contributed by atoms with Crippen LogP contribution in [0, 0.1) is 13.8 Å². The van der Waals surface area contributed by atoms with Crippen LogP contribution in [0.3, 0.4) is 0 Å². The minimum atomic E-state index is 0.461. The van der Waals surface area contributed by atoms with Crippen LogP contribution >= 0.6 is 11.8 Å². The van der Waals surface area contributed by atoms with E-state index in [1.165, 1.54) is 5.56 Å². The normalized spacial score (nSPS) is 24.9. The van der Waals surface area contributed by atoms with Gasteiger partial charge in [0, 0.05) is 23.6 Å². The SMILES string of the molecule is CNC1CCOCC1Sc1cc(C)cc(C)n1. The molecule has 17 heavy (non-hydrogen) atoms. The molecule has 2 atom stereocenters. The molecule has 94 valence electrons. The Hall–Kier alpha value is -0.580. The van der Waals surface area contributed by atoms with Crippen molar-refractivity contribution >= 4 is 11.8 Å². The number of nitrogens with one attached hydrogen (secondary N) is 1. The van der Waals surface area contributed by atoms with E-state index in [2.05, 4.69) is 29.4 Å². The number of thioether (sulfide) groups is 1. The monoisotopic (exact) mass is 252 g/mol. The number of hydrogen-bond donors (Lipinski definition) is 1. The van der Waals surface area contributed by atoms with E-state index in [1.54, 1.807) is 0 Å². The minimum absolute atomic E-state index is 0.461. The summed E-state index contributed by atoms with van der Waals surface area (Å²) in [5.41, 5.74) is 2.36. The summed E-state index contributed by atoms with van der Waals surface area (Å²) in [5, 5.41) is 4.94. The van der Waals surface area contributed by atoms with Crippen molar-refractivity contribution < 1.29 is 4.74 Å². The maximum absolute atomic E-state index is 5.56. The highest BCUT2D eigenvalue weighted by atomic mass is 32.2. The summed E-state index contributed by atoms with van der Waals surface area (Å²) in [6, 6.07) is 4.78. The van der Waals surface area contributed by atoms with Crippen molar-refractivity contribution in [3.05, 3.63) is 23.4 Å². The van der Waals surface area contributed by atoms with E-state index in [0.717, 1.165) is 30.4 Å². The van der Waals surface area contributed by atoms with Crippen molar-refractivity contribution in [1.29, 1.82) is 0 Å². The molecule has 1 aliphatic rings. The molecule has 1 aromatic rings. The van der Waals surface area contributed by atoms with E-state index in [-0.39, 0.29) is 0 Å². The van der Waals surface area contributed by atoms with E-state index >= 15 is 0 Å². The van der Waals surface area contributed by atoms with Gasteiger partial charge in [0.1, 0.15) is 0 Å². The zero-order valence-corrected chi connectivity index (χ0v) is 11.5. The van der Waals surface area contributed by atoms with Crippen LogP contribution in [0.5, 0.6) is 0 Å². The van der Waals surface area contributed by atoms with Gasteiger partial charge in [-0.2, -0.15) is 0 Å². The summed E-state index contributed by atoms with van der Waals surface area (Å²) in [6.07, 6.45) is 1.08. The Kier molecular flexibility index (Phi) is 4.42. The Morgan fingerprint density at radius 1 is 1.41 bits per heavy atom. The van der Waals surface area contributed by atoms with Crippen molar-refractivity contribution in [3.63, 3.8) is 0 Å². The number of aromatic nitrogens is 1. The van der Waals surface area contributed by atoms with Crippen LogP contribution < -0.4 is 5.32 Å². The first-order chi connectivity index (χ1) is 8.19. The van der Waals surface area contributed by atoms with Crippen LogP contribution in [0.25, 0.3) is 0 Å². The third-order valence-corrected chi connectivity index (χ3v) is 4.24. The largest absolute Gasteiger partial charge is 0.380 e. The Balaban J connectivity index is 2.08. The van der Waals surface area contributed by atoms with Crippen LogP contribution in [0.2, 0.25) is 0 Å². The number of ether oxygens (including phenoxy) is 1. The Labute approximate surface area is 107 Å². The van der Waals surface area contributed by atoms with Gasteiger partial charge in [0.2, 0.25) is 0 Å². The quantitative estimate of drug-likeness (QED) is 0.894. The zero-order valence-electron chi connectivity index (χ0n) is 10.7. The number of pyridine rings is 1. The third-order valence-electron chi connectivity index (χ3n) is 3.02. The second-order valence-electron chi connectivity index (χ2n) is 4.54. The first kappa shape index (κ1) is 12.9. The average Bonchev–Trinajstić information content (AvgIpc) is 2.28. The number of nitrogens with zero attached hydrogens (tertiary/aromatic N) is 1. The van der Waals surface area contributed by atoms with Crippen molar-refractivity contribution in [2.45, 2.75) is 36.6 Å². The van der Waals surface area contributed by atoms with Crippen molar-refractivity contribution in [1.82, 2.24) is 10.3 Å². The summed E-state index contributed by atoms with van der Waals surface area (Å²) < 4.78 is 5.56. The lowest BCUT2D eigenvalue weighted by molar-refractivity contribution is 0.0850. The van der Waals surface area contributed by atoms with E-state index < -0.39 is 0 Å². The summed E-state index contributed by atoms with van der Waals surface area (Å²) in [7, 11) is 2.03. The molecule has 0 aromatic carbocycles. The van der Waals surface area contributed by atoms with Crippen LogP contribution in [0.1, 0.15) is 17.7 Å². The van der Waals surface area contributed by atoms with Crippen LogP contribution in [-0.4, -0.2) is 36.5 Å². The Morgan fingerprint density at radius 3 is 2.94 bits per heavy atom. The molecule has 2 unspecified atom stereocenters. The maximum Gasteiger partial charge on any atom is 0.0969 e. The highest BCUT2D eigenvalue weighted by Gasteiger charge is 2.25. The molecule has 1 N–H and O–H groups in total. The summed E-state index contributed by atoms with van der Waals surface area (Å²) in [6.45, 7) is 5.84. The van der Waals surface area contributed by atoms with Crippen molar-refractivity contribution in [3.8, 4) is 0 Å². The Bertz CT molecular complexity index is 363. The van der Waals surface area contributed by atoms with Crippen molar-refractivity contribution in [2.24, 2.45) is 0 Å². The molecule has 0 saturated carbocycles. The van der Waals surface area contributed by atoms with Gasteiger partial charge < -0.3 is 10.1 Å². The third kappa shape index (κ3) is 3.44. The second kappa shape index (κ2) is 5.85. The van der Waals surface area contributed by atoms with Crippen molar-refractivity contribution in [2.75, 3.05) is 20.3 Å². The fourth-order valence-corrected chi connectivity index (χ4v) is 3.54. The predicted octanol–water partition coefficient (Wildman–Crippen LogP) is 2.17. The first-order valence-corrected chi connectivity index (χ1v) is 6.94. The van der Waals surface area contributed by atoms with Gasteiger partial charge in [-0.25, -0.2) is 4.98 Å². The lowest BCUT2D eigenvalue weighted by atomic mass is 10.1. The zero-order chi connectivity index (χ0) is 12.3. The molecule has 1 saturated heterocycles. The second-order valence-corrected chi connectivity index (χ2v) is 5.80.